The molecule has 0 amide bonds. The number of nitrogens with zero attached hydrogens (tertiary/aromatic N) is 2. The standard InChI is InChI=1S/C42H83N3O4/c1-3-5-7-9-11-13-15-17-19-21-23-26-41(46)48-38-36-45(33-25-32-44-34-29-40(28-31-43)30-35-44)37-39-49-42(47)27-24-22-20-18-16-14-12-10-8-6-4-2/h40H,3-39,43H2,1-2H3. The zero-order valence-electron chi connectivity index (χ0n) is 32.8. The predicted octanol–water partition coefficient (Wildman–Crippen LogP) is 10.2. The zero-order chi connectivity index (χ0) is 35.5. The molecule has 0 saturated carbocycles. The van der Waals surface area contributed by atoms with Crippen LogP contribution in [0.5, 0.6) is 0 Å². The first-order valence-electron chi connectivity index (χ1n) is 21.5. The highest BCUT2D eigenvalue weighted by Gasteiger charge is 2.18. The number of ether oxygens (including phenoxy) is 2. The van der Waals surface area contributed by atoms with Gasteiger partial charge in [0.25, 0.3) is 0 Å². The summed E-state index contributed by atoms with van der Waals surface area (Å²) in [5, 5.41) is 0. The van der Waals surface area contributed by atoms with Crippen LogP contribution in [0.3, 0.4) is 0 Å². The van der Waals surface area contributed by atoms with Crippen LogP contribution >= 0.6 is 0 Å². The van der Waals surface area contributed by atoms with Crippen molar-refractivity contribution in [2.45, 2.75) is 194 Å². The molecule has 0 aromatic heterocycles. The summed E-state index contributed by atoms with van der Waals surface area (Å²) in [6.45, 7) is 11.9. The van der Waals surface area contributed by atoms with Gasteiger partial charge in [0.15, 0.2) is 0 Å². The number of unbranched alkanes of at least 4 members (excludes halogenated alkanes) is 20. The van der Waals surface area contributed by atoms with E-state index in [9.17, 15) is 9.59 Å². The van der Waals surface area contributed by atoms with E-state index < -0.39 is 0 Å². The van der Waals surface area contributed by atoms with Gasteiger partial charge >= 0.3 is 11.9 Å². The van der Waals surface area contributed by atoms with Crippen molar-refractivity contribution < 1.29 is 19.1 Å². The second kappa shape index (κ2) is 35.2. The van der Waals surface area contributed by atoms with Crippen molar-refractivity contribution in [2.75, 3.05) is 59.0 Å². The van der Waals surface area contributed by atoms with Crippen molar-refractivity contribution in [1.82, 2.24) is 9.80 Å². The molecule has 1 heterocycles. The lowest BCUT2D eigenvalue weighted by molar-refractivity contribution is -0.144. The summed E-state index contributed by atoms with van der Waals surface area (Å²) in [6, 6.07) is 0. The molecule has 1 aliphatic rings. The maximum Gasteiger partial charge on any atom is 0.305 e. The Morgan fingerprint density at radius 2 is 0.959 bits per heavy atom. The summed E-state index contributed by atoms with van der Waals surface area (Å²) in [5.41, 5.74) is 5.77. The first-order chi connectivity index (χ1) is 24.1. The number of carbonyl (C=O) groups is 2. The van der Waals surface area contributed by atoms with Gasteiger partial charge in [0.2, 0.25) is 0 Å². The lowest BCUT2D eigenvalue weighted by Crippen LogP contribution is -2.38. The van der Waals surface area contributed by atoms with Gasteiger partial charge in [0, 0.05) is 25.9 Å². The third-order valence-electron chi connectivity index (χ3n) is 10.5. The molecular formula is C42H83N3O4. The average molecular weight is 694 g/mol. The number of rotatable bonds is 36. The van der Waals surface area contributed by atoms with E-state index in [2.05, 4.69) is 23.6 Å². The fourth-order valence-electron chi connectivity index (χ4n) is 7.18. The van der Waals surface area contributed by atoms with Crippen molar-refractivity contribution in [3.8, 4) is 0 Å². The van der Waals surface area contributed by atoms with E-state index in [0.717, 1.165) is 77.2 Å². The SMILES string of the molecule is CCCCCCCCCCCCCC(=O)OCCN(CCCN1CCC(CCN)CC1)CCOC(=O)CCCCCCCCCCCCC. The minimum atomic E-state index is -0.0744. The summed E-state index contributed by atoms with van der Waals surface area (Å²) in [6.07, 6.45) is 33.9. The van der Waals surface area contributed by atoms with Gasteiger partial charge in [-0.05, 0) is 77.2 Å². The molecule has 0 bridgehead atoms. The number of piperidine rings is 1. The lowest BCUT2D eigenvalue weighted by atomic mass is 9.93. The van der Waals surface area contributed by atoms with Crippen molar-refractivity contribution in [1.29, 1.82) is 0 Å². The third kappa shape index (κ3) is 30.2. The van der Waals surface area contributed by atoms with Crippen LogP contribution in [0.4, 0.5) is 0 Å². The van der Waals surface area contributed by atoms with Crippen LogP contribution in [-0.2, 0) is 19.1 Å². The number of nitrogens with two attached hydrogens (primary N) is 1. The van der Waals surface area contributed by atoms with E-state index in [1.54, 1.807) is 0 Å². The van der Waals surface area contributed by atoms with Crippen LogP contribution in [0.25, 0.3) is 0 Å². The maximum atomic E-state index is 12.4. The molecule has 0 atom stereocenters. The van der Waals surface area contributed by atoms with Gasteiger partial charge < -0.3 is 20.1 Å². The molecule has 49 heavy (non-hydrogen) atoms. The van der Waals surface area contributed by atoms with Gasteiger partial charge in [0.05, 0.1) is 0 Å². The molecule has 0 spiro atoms. The molecule has 1 aliphatic heterocycles. The van der Waals surface area contributed by atoms with Crippen molar-refractivity contribution in [3.63, 3.8) is 0 Å². The van der Waals surface area contributed by atoms with E-state index >= 15 is 0 Å². The Morgan fingerprint density at radius 3 is 1.35 bits per heavy atom. The Kier molecular flexibility index (Phi) is 33.0. The van der Waals surface area contributed by atoms with Crippen LogP contribution in [-0.4, -0.2) is 80.8 Å². The minimum Gasteiger partial charge on any atom is -0.464 e. The average Bonchev–Trinajstić information content (AvgIpc) is 3.10. The molecule has 0 unspecified atom stereocenters. The molecule has 7 heteroatoms. The Hall–Kier alpha value is -1.18. The highest BCUT2D eigenvalue weighted by atomic mass is 16.5. The van der Waals surface area contributed by atoms with Crippen LogP contribution < -0.4 is 5.73 Å². The summed E-state index contributed by atoms with van der Waals surface area (Å²) >= 11 is 0. The molecule has 7 nitrogen and oxygen atoms in total. The highest BCUT2D eigenvalue weighted by molar-refractivity contribution is 5.69. The monoisotopic (exact) mass is 694 g/mol. The maximum absolute atomic E-state index is 12.4. The highest BCUT2D eigenvalue weighted by Crippen LogP contribution is 2.20. The summed E-state index contributed by atoms with van der Waals surface area (Å²) in [7, 11) is 0. The van der Waals surface area contributed by atoms with Gasteiger partial charge in [-0.25, -0.2) is 0 Å². The second-order valence-electron chi connectivity index (χ2n) is 15.1. The van der Waals surface area contributed by atoms with Gasteiger partial charge in [0.1, 0.15) is 13.2 Å². The van der Waals surface area contributed by atoms with Gasteiger partial charge in [-0.15, -0.1) is 0 Å². The molecule has 1 saturated heterocycles. The quantitative estimate of drug-likeness (QED) is 0.0516. The van der Waals surface area contributed by atoms with Crippen LogP contribution in [0.2, 0.25) is 0 Å². The first kappa shape index (κ1) is 45.8. The topological polar surface area (TPSA) is 85.1 Å². The Bertz CT molecular complexity index is 685. The van der Waals surface area contributed by atoms with Gasteiger partial charge in [-0.2, -0.15) is 0 Å². The molecule has 0 aromatic carbocycles. The Morgan fingerprint density at radius 1 is 0.571 bits per heavy atom. The first-order valence-corrected chi connectivity index (χ1v) is 21.5. The molecule has 1 rings (SSSR count). The molecule has 2 N–H and O–H groups in total. The molecule has 0 radical (unpaired) electrons. The smallest absolute Gasteiger partial charge is 0.305 e. The van der Waals surface area contributed by atoms with E-state index in [4.69, 9.17) is 15.2 Å². The fourth-order valence-corrected chi connectivity index (χ4v) is 7.18. The number of hydrogen-bond donors (Lipinski definition) is 1. The minimum absolute atomic E-state index is 0.0744. The Balaban J connectivity index is 2.22. The molecule has 0 aromatic rings. The van der Waals surface area contributed by atoms with Crippen LogP contribution in [0, 0.1) is 5.92 Å². The largest absolute Gasteiger partial charge is 0.464 e. The molecule has 290 valence electrons. The summed E-state index contributed by atoms with van der Waals surface area (Å²) < 4.78 is 11.3. The number of likely N-dealkylation sites (tertiary alicyclic amines) is 1. The molecule has 1 fully saturated rings. The van der Waals surface area contributed by atoms with Crippen molar-refractivity contribution in [3.05, 3.63) is 0 Å². The third-order valence-corrected chi connectivity index (χ3v) is 10.5. The normalized spacial score (nSPS) is 14.1. The molecular weight excluding hydrogens is 610 g/mol. The van der Waals surface area contributed by atoms with E-state index in [1.165, 1.54) is 128 Å². The summed E-state index contributed by atoms with van der Waals surface area (Å²) in [5.74, 6) is 0.640. The predicted molar refractivity (Wildman–Crippen MR) is 208 cm³/mol. The van der Waals surface area contributed by atoms with E-state index in [0.29, 0.717) is 39.1 Å². The van der Waals surface area contributed by atoms with Crippen molar-refractivity contribution in [2.24, 2.45) is 11.7 Å². The van der Waals surface area contributed by atoms with E-state index in [-0.39, 0.29) is 11.9 Å². The van der Waals surface area contributed by atoms with Gasteiger partial charge in [-0.3, -0.25) is 14.5 Å². The fraction of sp³-hybridized carbons (Fsp3) is 0.952. The van der Waals surface area contributed by atoms with E-state index in [1.807, 2.05) is 0 Å². The molecule has 0 aliphatic carbocycles. The number of hydrogen-bond acceptors (Lipinski definition) is 7. The zero-order valence-corrected chi connectivity index (χ0v) is 32.8. The second-order valence-corrected chi connectivity index (χ2v) is 15.1. The van der Waals surface area contributed by atoms with Crippen LogP contribution in [0.15, 0.2) is 0 Å². The summed E-state index contributed by atoms with van der Waals surface area (Å²) in [4.78, 5) is 29.7. The number of esters is 2. The van der Waals surface area contributed by atoms with Crippen molar-refractivity contribution >= 4 is 11.9 Å². The number of carbonyl (C=O) groups excluding carboxylic acids is 2. The lowest BCUT2D eigenvalue weighted by Gasteiger charge is -2.32. The Labute approximate surface area is 304 Å². The van der Waals surface area contributed by atoms with Crippen LogP contribution in [0.1, 0.15) is 194 Å². The van der Waals surface area contributed by atoms with Gasteiger partial charge in [-0.1, -0.05) is 142 Å².